The molecule has 2 aromatic heterocycles. The van der Waals surface area contributed by atoms with Gasteiger partial charge in [-0.1, -0.05) is 113 Å². The number of amides is 4. The molecule has 298 valence electrons. The fourth-order valence-electron chi connectivity index (χ4n) is 6.46. The van der Waals surface area contributed by atoms with Crippen molar-refractivity contribution in [3.8, 4) is 0 Å². The number of hydrogen-bond acceptors (Lipinski definition) is 8. The Bertz CT molecular complexity index is 1670. The quantitative estimate of drug-likeness (QED) is 0.0746. The van der Waals surface area contributed by atoms with Crippen LogP contribution in [0.3, 0.4) is 0 Å². The molecule has 2 aromatic carbocycles. The largest absolute Gasteiger partial charge is 0.388 e. The summed E-state index contributed by atoms with van der Waals surface area (Å²) in [5.74, 6) is -2.32. The molecule has 0 fully saturated rings. The Morgan fingerprint density at radius 1 is 0.536 bits per heavy atom. The maximum atomic E-state index is 14.1. The lowest BCUT2D eigenvalue weighted by atomic mass is 9.89. The molecule has 0 aliphatic rings. The average molecular weight is 765 g/mol. The number of carbonyl (C=O) groups excluding carboxylic acids is 4. The highest BCUT2D eigenvalue weighted by molar-refractivity contribution is 5.89. The van der Waals surface area contributed by atoms with E-state index in [2.05, 4.69) is 31.2 Å². The van der Waals surface area contributed by atoms with Crippen molar-refractivity contribution in [1.29, 1.82) is 0 Å². The van der Waals surface area contributed by atoms with Gasteiger partial charge in [0.15, 0.2) is 0 Å². The number of aliphatic hydroxyl groups excluding tert-OH is 2. The SMILES string of the molecule is CCC(C)C(NC(=O)Cc1ccccn1)C(=O)NC(Cc1ccccc1)C(O)C(O)C(Cc1ccccc1)NC(=O)C(NC(=O)Cc1ccccn1)C(C)CC. The van der Waals surface area contributed by atoms with Gasteiger partial charge in [-0.15, -0.1) is 0 Å². The van der Waals surface area contributed by atoms with Gasteiger partial charge in [0.2, 0.25) is 23.6 Å². The first-order valence-corrected chi connectivity index (χ1v) is 19.4. The lowest BCUT2D eigenvalue weighted by Crippen LogP contribution is -2.61. The molecular weight excluding hydrogens is 709 g/mol. The summed E-state index contributed by atoms with van der Waals surface area (Å²) in [5.41, 5.74) is 2.70. The van der Waals surface area contributed by atoms with Gasteiger partial charge < -0.3 is 31.5 Å². The van der Waals surface area contributed by atoms with Crippen molar-refractivity contribution in [2.24, 2.45) is 11.8 Å². The summed E-state index contributed by atoms with van der Waals surface area (Å²) in [6, 6.07) is 25.1. The number of hydrogen-bond donors (Lipinski definition) is 6. The van der Waals surface area contributed by atoms with Crippen LogP contribution < -0.4 is 21.3 Å². The van der Waals surface area contributed by atoms with E-state index in [0.717, 1.165) is 11.1 Å². The highest BCUT2D eigenvalue weighted by Crippen LogP contribution is 2.18. The normalized spacial score (nSPS) is 15.5. The second-order valence-electron chi connectivity index (χ2n) is 14.4. The van der Waals surface area contributed by atoms with E-state index < -0.39 is 48.2 Å². The predicted octanol–water partition coefficient (Wildman–Crippen LogP) is 3.50. The van der Waals surface area contributed by atoms with Gasteiger partial charge in [0, 0.05) is 23.8 Å². The van der Waals surface area contributed by atoms with Crippen LogP contribution in [0.1, 0.15) is 63.1 Å². The molecule has 0 saturated carbocycles. The van der Waals surface area contributed by atoms with E-state index in [1.807, 2.05) is 88.4 Å². The van der Waals surface area contributed by atoms with Crippen LogP contribution in [0.2, 0.25) is 0 Å². The van der Waals surface area contributed by atoms with Crippen molar-refractivity contribution in [2.75, 3.05) is 0 Å². The Morgan fingerprint density at radius 2 is 0.893 bits per heavy atom. The van der Waals surface area contributed by atoms with Crippen LogP contribution >= 0.6 is 0 Å². The van der Waals surface area contributed by atoms with Crippen LogP contribution in [0.25, 0.3) is 0 Å². The molecule has 0 spiro atoms. The van der Waals surface area contributed by atoms with Gasteiger partial charge in [-0.05, 0) is 60.1 Å². The second kappa shape index (κ2) is 22.2. The Balaban J connectivity index is 1.59. The Morgan fingerprint density at radius 3 is 1.21 bits per heavy atom. The molecule has 0 aliphatic carbocycles. The van der Waals surface area contributed by atoms with Gasteiger partial charge in [0.1, 0.15) is 24.3 Å². The van der Waals surface area contributed by atoms with Gasteiger partial charge in [-0.2, -0.15) is 0 Å². The molecule has 2 heterocycles. The van der Waals surface area contributed by atoms with E-state index in [9.17, 15) is 29.4 Å². The monoisotopic (exact) mass is 764 g/mol. The zero-order chi connectivity index (χ0) is 40.5. The molecule has 12 heteroatoms. The van der Waals surface area contributed by atoms with Crippen molar-refractivity contribution < 1.29 is 29.4 Å². The third-order valence-electron chi connectivity index (χ3n) is 10.2. The summed E-state index contributed by atoms with van der Waals surface area (Å²) in [7, 11) is 0. The first kappa shape index (κ1) is 43.3. The molecule has 6 N–H and O–H groups in total. The topological polar surface area (TPSA) is 183 Å². The highest BCUT2D eigenvalue weighted by Gasteiger charge is 2.38. The Kier molecular flexibility index (Phi) is 17.1. The predicted molar refractivity (Wildman–Crippen MR) is 215 cm³/mol. The summed E-state index contributed by atoms with van der Waals surface area (Å²) in [5, 5.41) is 35.7. The van der Waals surface area contributed by atoms with Crippen molar-refractivity contribution in [3.05, 3.63) is 132 Å². The molecule has 8 unspecified atom stereocenters. The number of aromatic nitrogens is 2. The number of benzene rings is 2. The molecule has 56 heavy (non-hydrogen) atoms. The van der Waals surface area contributed by atoms with E-state index in [1.54, 1.807) is 48.8 Å². The smallest absolute Gasteiger partial charge is 0.243 e. The number of rotatable bonds is 21. The second-order valence-corrected chi connectivity index (χ2v) is 14.4. The number of nitrogens with one attached hydrogen (secondary N) is 4. The van der Waals surface area contributed by atoms with E-state index in [0.29, 0.717) is 24.2 Å². The Labute approximate surface area is 330 Å². The average Bonchev–Trinajstić information content (AvgIpc) is 3.21. The van der Waals surface area contributed by atoms with Crippen molar-refractivity contribution in [3.63, 3.8) is 0 Å². The van der Waals surface area contributed by atoms with Crippen LogP contribution in [0.5, 0.6) is 0 Å². The summed E-state index contributed by atoms with van der Waals surface area (Å²) in [6.07, 6.45) is 1.47. The first-order valence-electron chi connectivity index (χ1n) is 19.4. The van der Waals surface area contributed by atoms with E-state index in [4.69, 9.17) is 0 Å². The molecule has 0 aliphatic heterocycles. The van der Waals surface area contributed by atoms with Gasteiger partial charge >= 0.3 is 0 Å². The third kappa shape index (κ3) is 13.4. The third-order valence-corrected chi connectivity index (χ3v) is 10.2. The molecular formula is C44H56N6O6. The maximum Gasteiger partial charge on any atom is 0.243 e. The minimum absolute atomic E-state index is 0.0159. The van der Waals surface area contributed by atoms with Crippen LogP contribution in [0, 0.1) is 11.8 Å². The summed E-state index contributed by atoms with van der Waals surface area (Å²) >= 11 is 0. The Hall–Kier alpha value is -5.46. The van der Waals surface area contributed by atoms with Crippen molar-refractivity contribution >= 4 is 23.6 Å². The van der Waals surface area contributed by atoms with E-state index in [1.165, 1.54) is 0 Å². The minimum atomic E-state index is -1.57. The zero-order valence-corrected chi connectivity index (χ0v) is 32.7. The molecule has 0 radical (unpaired) electrons. The van der Waals surface area contributed by atoms with Gasteiger partial charge in [0.05, 0.1) is 24.9 Å². The molecule has 8 atom stereocenters. The number of carbonyl (C=O) groups is 4. The molecule has 0 bridgehead atoms. The number of aliphatic hydroxyl groups is 2. The number of pyridine rings is 2. The first-order chi connectivity index (χ1) is 27.0. The maximum absolute atomic E-state index is 14.1. The summed E-state index contributed by atoms with van der Waals surface area (Å²) < 4.78 is 0. The number of nitrogens with zero attached hydrogens (tertiary/aromatic N) is 2. The van der Waals surface area contributed by atoms with Gasteiger partial charge in [0.25, 0.3) is 0 Å². The molecule has 4 rings (SSSR count). The fourth-order valence-corrected chi connectivity index (χ4v) is 6.46. The van der Waals surface area contributed by atoms with Gasteiger partial charge in [-0.3, -0.25) is 29.1 Å². The lowest BCUT2D eigenvalue weighted by molar-refractivity contribution is -0.133. The van der Waals surface area contributed by atoms with Crippen molar-refractivity contribution in [1.82, 2.24) is 31.2 Å². The molecule has 4 aromatic rings. The summed E-state index contributed by atoms with van der Waals surface area (Å²) in [6.45, 7) is 7.55. The molecule has 4 amide bonds. The van der Waals surface area contributed by atoms with E-state index in [-0.39, 0.29) is 49.3 Å². The van der Waals surface area contributed by atoms with Crippen LogP contribution in [0.4, 0.5) is 0 Å². The van der Waals surface area contributed by atoms with Crippen LogP contribution in [-0.2, 0) is 44.9 Å². The van der Waals surface area contributed by atoms with Crippen LogP contribution in [0.15, 0.2) is 109 Å². The molecule has 12 nitrogen and oxygen atoms in total. The van der Waals surface area contributed by atoms with Gasteiger partial charge in [-0.25, -0.2) is 0 Å². The zero-order valence-electron chi connectivity index (χ0n) is 32.7. The van der Waals surface area contributed by atoms with E-state index >= 15 is 0 Å². The standard InChI is InChI=1S/C44H56N6O6/c1-5-29(3)39(49-37(51)27-33-21-13-15-23-45-33)43(55)47-35(25-31-17-9-7-10-18-31)41(53)42(54)36(26-32-19-11-8-12-20-32)48-44(56)40(30(4)6-2)50-38(52)28-34-22-14-16-24-46-34/h7-24,29-30,35-36,39-42,53-54H,5-6,25-28H2,1-4H3,(H,47,55)(H,48,56)(H,49,51)(H,50,52). The highest BCUT2D eigenvalue weighted by atomic mass is 16.3. The lowest BCUT2D eigenvalue weighted by Gasteiger charge is -2.35. The molecule has 0 saturated heterocycles. The van der Waals surface area contributed by atoms with Crippen molar-refractivity contribution in [2.45, 2.75) is 103 Å². The van der Waals surface area contributed by atoms with Crippen LogP contribution in [-0.4, -0.2) is 80.2 Å². The summed E-state index contributed by atoms with van der Waals surface area (Å²) in [4.78, 5) is 62.9. The fraction of sp³-hybridized carbons (Fsp3) is 0.409. The minimum Gasteiger partial charge on any atom is -0.388 e.